The first-order chi connectivity index (χ1) is 12.3. The summed E-state index contributed by atoms with van der Waals surface area (Å²) in [6.45, 7) is 1.09. The molecule has 8 heteroatoms. The second-order valence-corrected chi connectivity index (χ2v) is 6.36. The van der Waals surface area contributed by atoms with Gasteiger partial charge in [0, 0.05) is 31.0 Å². The molecule has 0 saturated carbocycles. The average molecular weight is 355 g/mol. The first kappa shape index (κ1) is 15.9. The Bertz CT molecular complexity index is 974. The van der Waals surface area contributed by atoms with E-state index in [1.165, 1.54) is 0 Å². The van der Waals surface area contributed by atoms with Gasteiger partial charge in [0.05, 0.1) is 29.6 Å². The van der Waals surface area contributed by atoms with Crippen LogP contribution in [0.1, 0.15) is 12.1 Å². The lowest BCUT2D eigenvalue weighted by molar-refractivity contribution is 0.102. The number of hydrogen-bond acceptors (Lipinski definition) is 6. The molecule has 0 bridgehead atoms. The summed E-state index contributed by atoms with van der Waals surface area (Å²) >= 11 is 1.58. The van der Waals surface area contributed by atoms with Crippen molar-refractivity contribution in [1.29, 1.82) is 0 Å². The van der Waals surface area contributed by atoms with Gasteiger partial charge in [-0.1, -0.05) is 6.07 Å². The number of rotatable bonds is 7. The van der Waals surface area contributed by atoms with Crippen molar-refractivity contribution in [2.75, 3.05) is 13.2 Å². The zero-order valence-electron chi connectivity index (χ0n) is 13.4. The number of fused-ring (bicyclic) bond motifs is 1. The van der Waals surface area contributed by atoms with Gasteiger partial charge >= 0.3 is 0 Å². The highest BCUT2D eigenvalue weighted by Crippen LogP contribution is 2.28. The maximum atomic E-state index is 8.75. The third-order valence-corrected chi connectivity index (χ3v) is 4.61. The molecule has 0 unspecified atom stereocenters. The maximum Gasteiger partial charge on any atom is 0.149 e. The van der Waals surface area contributed by atoms with Gasteiger partial charge in [0.1, 0.15) is 17.2 Å². The van der Waals surface area contributed by atoms with Gasteiger partial charge in [0.15, 0.2) is 0 Å². The Kier molecular flexibility index (Phi) is 4.55. The van der Waals surface area contributed by atoms with E-state index in [2.05, 4.69) is 10.1 Å². The highest BCUT2D eigenvalue weighted by atomic mass is 32.1. The molecule has 4 rings (SSSR count). The minimum Gasteiger partial charge on any atom is -0.396 e. The second kappa shape index (κ2) is 7.14. The van der Waals surface area contributed by atoms with Crippen molar-refractivity contribution in [1.82, 2.24) is 24.1 Å². The third-order valence-electron chi connectivity index (χ3n) is 3.75. The quantitative estimate of drug-likeness (QED) is 0.516. The van der Waals surface area contributed by atoms with Crippen molar-refractivity contribution >= 4 is 16.9 Å². The van der Waals surface area contributed by atoms with Crippen LogP contribution in [-0.4, -0.2) is 42.5 Å². The topological polar surface area (TPSA) is 77.5 Å². The summed E-state index contributed by atoms with van der Waals surface area (Å²) in [7, 11) is 0. The van der Waals surface area contributed by atoms with Crippen molar-refractivity contribution in [3.63, 3.8) is 0 Å². The molecule has 128 valence electrons. The SMILES string of the molecule is OCCCOCc1cn(-c2csc(-c3cnn4ccccc34)n2)cn1. The minimum absolute atomic E-state index is 0.138. The van der Waals surface area contributed by atoms with E-state index in [9.17, 15) is 0 Å². The van der Waals surface area contributed by atoms with Gasteiger partial charge in [-0.05, 0) is 18.6 Å². The summed E-state index contributed by atoms with van der Waals surface area (Å²) in [4.78, 5) is 9.05. The lowest BCUT2D eigenvalue weighted by atomic mass is 10.3. The molecule has 7 nitrogen and oxygen atoms in total. The van der Waals surface area contributed by atoms with E-state index in [0.717, 1.165) is 27.6 Å². The molecule has 0 spiro atoms. The number of aliphatic hydroxyl groups excluding tert-OH is 1. The first-order valence-corrected chi connectivity index (χ1v) is 8.83. The lowest BCUT2D eigenvalue weighted by Gasteiger charge is -1.99. The fourth-order valence-electron chi connectivity index (χ4n) is 2.51. The fraction of sp³-hybridized carbons (Fsp3) is 0.235. The number of ether oxygens (including phenoxy) is 1. The number of pyridine rings is 1. The maximum absolute atomic E-state index is 8.75. The molecule has 0 atom stereocenters. The number of aliphatic hydroxyl groups is 1. The molecule has 0 aliphatic carbocycles. The molecule has 4 aromatic heterocycles. The van der Waals surface area contributed by atoms with Crippen molar-refractivity contribution in [2.45, 2.75) is 13.0 Å². The van der Waals surface area contributed by atoms with Crippen molar-refractivity contribution in [3.05, 3.63) is 54.2 Å². The van der Waals surface area contributed by atoms with E-state index in [1.807, 2.05) is 51.3 Å². The van der Waals surface area contributed by atoms with Gasteiger partial charge in [0.25, 0.3) is 0 Å². The molecule has 1 N–H and O–H groups in total. The number of hydrogen-bond donors (Lipinski definition) is 1. The van der Waals surface area contributed by atoms with Crippen LogP contribution in [0, 0.1) is 0 Å². The van der Waals surface area contributed by atoms with Crippen LogP contribution in [0.5, 0.6) is 0 Å². The third kappa shape index (κ3) is 3.32. The molecular weight excluding hydrogens is 338 g/mol. The molecular formula is C17H17N5O2S. The first-order valence-electron chi connectivity index (χ1n) is 7.95. The molecule has 4 heterocycles. The molecule has 0 aromatic carbocycles. The smallest absolute Gasteiger partial charge is 0.149 e. The zero-order chi connectivity index (χ0) is 17.1. The van der Waals surface area contributed by atoms with Crippen LogP contribution in [-0.2, 0) is 11.3 Å². The van der Waals surface area contributed by atoms with Gasteiger partial charge < -0.3 is 9.84 Å². The predicted octanol–water partition coefficient (Wildman–Crippen LogP) is 2.54. The van der Waals surface area contributed by atoms with E-state index < -0.39 is 0 Å². The Balaban J connectivity index is 1.52. The summed E-state index contributed by atoms with van der Waals surface area (Å²) in [6.07, 6.45) is 8.04. The van der Waals surface area contributed by atoms with Crippen LogP contribution in [0.25, 0.3) is 21.9 Å². The largest absolute Gasteiger partial charge is 0.396 e. The zero-order valence-corrected chi connectivity index (χ0v) is 14.3. The Morgan fingerprint density at radius 1 is 1.28 bits per heavy atom. The van der Waals surface area contributed by atoms with Gasteiger partial charge in [0.2, 0.25) is 0 Å². The number of nitrogens with zero attached hydrogens (tertiary/aromatic N) is 5. The molecule has 0 saturated heterocycles. The van der Waals surface area contributed by atoms with Gasteiger partial charge in [-0.15, -0.1) is 11.3 Å². The molecule has 0 fully saturated rings. The van der Waals surface area contributed by atoms with Gasteiger partial charge in [-0.25, -0.2) is 14.5 Å². The summed E-state index contributed by atoms with van der Waals surface area (Å²) < 4.78 is 9.19. The van der Waals surface area contributed by atoms with Crippen LogP contribution in [0.3, 0.4) is 0 Å². The standard InChI is InChI=1S/C17H17N5O2S/c23-6-3-7-24-10-13-9-21(12-18-13)16-11-25-17(20-16)14-8-19-22-5-2-1-4-15(14)22/h1-2,4-5,8-9,11-12,23H,3,6-7,10H2. The van der Waals surface area contributed by atoms with E-state index in [-0.39, 0.29) is 6.61 Å². The molecule has 0 aliphatic heterocycles. The average Bonchev–Trinajstić information content (AvgIpc) is 3.36. The molecule has 0 aliphatic rings. The molecule has 4 aromatic rings. The molecule has 0 radical (unpaired) electrons. The predicted molar refractivity (Wildman–Crippen MR) is 94.8 cm³/mol. The van der Waals surface area contributed by atoms with E-state index >= 15 is 0 Å². The number of aromatic nitrogens is 5. The highest BCUT2D eigenvalue weighted by molar-refractivity contribution is 7.13. The highest BCUT2D eigenvalue weighted by Gasteiger charge is 2.12. The summed E-state index contributed by atoms with van der Waals surface area (Å²) in [5, 5.41) is 16.0. The minimum atomic E-state index is 0.138. The normalized spacial score (nSPS) is 11.4. The number of thiazole rings is 1. The van der Waals surface area contributed by atoms with Crippen LogP contribution in [0.4, 0.5) is 0 Å². The Hall–Kier alpha value is -2.55. The summed E-state index contributed by atoms with van der Waals surface area (Å²) in [5.41, 5.74) is 2.89. The van der Waals surface area contributed by atoms with E-state index in [0.29, 0.717) is 19.6 Å². The van der Waals surface area contributed by atoms with Gasteiger partial charge in [-0.3, -0.25) is 4.57 Å². The van der Waals surface area contributed by atoms with Crippen molar-refractivity contribution in [3.8, 4) is 16.4 Å². The molecule has 25 heavy (non-hydrogen) atoms. The Labute approximate surface area is 148 Å². The molecule has 0 amide bonds. The van der Waals surface area contributed by atoms with Gasteiger partial charge in [-0.2, -0.15) is 5.10 Å². The second-order valence-electron chi connectivity index (χ2n) is 5.50. The summed E-state index contributed by atoms with van der Waals surface area (Å²) in [5.74, 6) is 0.824. The lowest BCUT2D eigenvalue weighted by Crippen LogP contribution is -1.98. The van der Waals surface area contributed by atoms with Crippen LogP contribution < -0.4 is 0 Å². The Morgan fingerprint density at radius 3 is 3.16 bits per heavy atom. The van der Waals surface area contributed by atoms with Crippen molar-refractivity contribution < 1.29 is 9.84 Å². The summed E-state index contributed by atoms with van der Waals surface area (Å²) in [6, 6.07) is 5.98. The fourth-order valence-corrected chi connectivity index (χ4v) is 3.34. The van der Waals surface area contributed by atoms with Crippen LogP contribution in [0.15, 0.2) is 48.5 Å². The van der Waals surface area contributed by atoms with E-state index in [4.69, 9.17) is 14.8 Å². The van der Waals surface area contributed by atoms with E-state index in [1.54, 1.807) is 17.7 Å². The number of imidazole rings is 1. The van der Waals surface area contributed by atoms with Crippen molar-refractivity contribution in [2.24, 2.45) is 0 Å². The Morgan fingerprint density at radius 2 is 2.24 bits per heavy atom. The van der Waals surface area contributed by atoms with Crippen LogP contribution >= 0.6 is 11.3 Å². The monoisotopic (exact) mass is 355 g/mol. The van der Waals surface area contributed by atoms with Crippen LogP contribution in [0.2, 0.25) is 0 Å².